The van der Waals surface area contributed by atoms with E-state index in [9.17, 15) is 9.90 Å². The van der Waals surface area contributed by atoms with Crippen molar-refractivity contribution in [2.45, 2.75) is 45.4 Å². The molecule has 0 bridgehead atoms. The Hall–Kier alpha value is -3.55. The standard InChI is InChI=1S/C32H39N5O2/c1-25-31(27-13-7-5-8-14-27)32-33-29(28-15-10-12-26(23-28)11-6-3-2-4-9-21-38)24-30(37(32)34-25)36-18-16-35(17-19-36)20-22-39/h5,7-8,10,12-15,21,23-24,39H,2-4,6,9,11,16-20,22H2,1H3. The van der Waals surface area contributed by atoms with Gasteiger partial charge in [-0.2, -0.15) is 9.61 Å². The first-order chi connectivity index (χ1) is 19.2. The molecule has 0 amide bonds. The van der Waals surface area contributed by atoms with Crippen LogP contribution in [0.2, 0.25) is 0 Å². The molecule has 4 aromatic rings. The Morgan fingerprint density at radius 1 is 0.897 bits per heavy atom. The van der Waals surface area contributed by atoms with Gasteiger partial charge in [-0.15, -0.1) is 0 Å². The van der Waals surface area contributed by atoms with Crippen LogP contribution in [-0.4, -0.2) is 70.2 Å². The van der Waals surface area contributed by atoms with E-state index in [-0.39, 0.29) is 6.61 Å². The number of carbonyl (C=O) groups excluding carboxylic acids is 1. The highest BCUT2D eigenvalue weighted by molar-refractivity contribution is 5.83. The van der Waals surface area contributed by atoms with Gasteiger partial charge in [0.25, 0.3) is 0 Å². The van der Waals surface area contributed by atoms with Gasteiger partial charge in [-0.25, -0.2) is 4.98 Å². The summed E-state index contributed by atoms with van der Waals surface area (Å²) in [5.41, 5.74) is 7.44. The number of carbonyl (C=O) groups is 1. The number of hydrogen-bond acceptors (Lipinski definition) is 6. The van der Waals surface area contributed by atoms with Crippen molar-refractivity contribution in [1.82, 2.24) is 19.5 Å². The number of aromatic nitrogens is 3. The fourth-order valence-electron chi connectivity index (χ4n) is 5.56. The first-order valence-electron chi connectivity index (χ1n) is 14.2. The van der Waals surface area contributed by atoms with E-state index in [1.54, 1.807) is 0 Å². The molecule has 2 aromatic carbocycles. The predicted molar refractivity (Wildman–Crippen MR) is 157 cm³/mol. The molecular weight excluding hydrogens is 486 g/mol. The third kappa shape index (κ3) is 6.37. The fraction of sp³-hybridized carbons (Fsp3) is 0.406. The molecule has 2 aromatic heterocycles. The molecule has 1 fully saturated rings. The van der Waals surface area contributed by atoms with Crippen LogP contribution >= 0.6 is 0 Å². The zero-order valence-electron chi connectivity index (χ0n) is 22.9. The van der Waals surface area contributed by atoms with E-state index in [1.165, 1.54) is 5.56 Å². The normalized spacial score (nSPS) is 14.3. The molecule has 1 aliphatic rings. The summed E-state index contributed by atoms with van der Waals surface area (Å²) in [5.74, 6) is 1.06. The number of benzene rings is 2. The van der Waals surface area contributed by atoms with Crippen LogP contribution < -0.4 is 4.90 Å². The number of piperazine rings is 1. The highest BCUT2D eigenvalue weighted by Crippen LogP contribution is 2.33. The van der Waals surface area contributed by atoms with Gasteiger partial charge in [-0.1, -0.05) is 61.4 Å². The molecule has 1 aliphatic heterocycles. The summed E-state index contributed by atoms with van der Waals surface area (Å²) in [6.45, 7) is 6.55. The zero-order chi connectivity index (χ0) is 27.0. The Morgan fingerprint density at radius 3 is 2.44 bits per heavy atom. The SMILES string of the molecule is Cc1nn2c(N3CCN(CCO)CC3)cc(-c3cccc(CCCCCCC=O)c3)nc2c1-c1ccccc1. The second-order valence-corrected chi connectivity index (χ2v) is 10.4. The van der Waals surface area contributed by atoms with Crippen molar-refractivity contribution in [1.29, 1.82) is 0 Å². The summed E-state index contributed by atoms with van der Waals surface area (Å²) in [7, 11) is 0. The number of aliphatic hydroxyl groups is 1. The van der Waals surface area contributed by atoms with Crippen molar-refractivity contribution >= 4 is 17.8 Å². The number of aldehydes is 1. The summed E-state index contributed by atoms with van der Waals surface area (Å²) >= 11 is 0. The lowest BCUT2D eigenvalue weighted by Gasteiger charge is -2.35. The average molecular weight is 526 g/mol. The van der Waals surface area contributed by atoms with Crippen LogP contribution in [0.5, 0.6) is 0 Å². The van der Waals surface area contributed by atoms with Gasteiger partial charge in [0, 0.05) is 56.3 Å². The molecule has 0 spiro atoms. The Balaban J connectivity index is 1.50. The lowest BCUT2D eigenvalue weighted by atomic mass is 10.0. The molecule has 5 rings (SSSR count). The summed E-state index contributed by atoms with van der Waals surface area (Å²) in [6, 6.07) is 21.4. The number of anilines is 1. The topological polar surface area (TPSA) is 74.0 Å². The van der Waals surface area contributed by atoms with E-state index in [4.69, 9.17) is 10.1 Å². The summed E-state index contributed by atoms with van der Waals surface area (Å²) in [5, 5.41) is 14.4. The molecule has 7 heteroatoms. The minimum Gasteiger partial charge on any atom is -0.395 e. The molecule has 204 valence electrons. The zero-order valence-corrected chi connectivity index (χ0v) is 22.9. The van der Waals surface area contributed by atoms with E-state index >= 15 is 0 Å². The molecule has 1 N–H and O–H groups in total. The lowest BCUT2D eigenvalue weighted by molar-refractivity contribution is -0.107. The van der Waals surface area contributed by atoms with Gasteiger partial charge >= 0.3 is 0 Å². The van der Waals surface area contributed by atoms with Crippen molar-refractivity contribution in [2.75, 3.05) is 44.2 Å². The Kier molecular flexibility index (Phi) is 9.01. The second kappa shape index (κ2) is 13.0. The van der Waals surface area contributed by atoms with Crippen molar-refractivity contribution < 1.29 is 9.90 Å². The molecule has 7 nitrogen and oxygen atoms in total. The van der Waals surface area contributed by atoms with Crippen LogP contribution in [0.15, 0.2) is 60.7 Å². The summed E-state index contributed by atoms with van der Waals surface area (Å²) < 4.78 is 2.02. The third-order valence-electron chi connectivity index (χ3n) is 7.68. The lowest BCUT2D eigenvalue weighted by Crippen LogP contribution is -2.47. The highest BCUT2D eigenvalue weighted by atomic mass is 16.3. The first-order valence-corrected chi connectivity index (χ1v) is 14.2. The third-order valence-corrected chi connectivity index (χ3v) is 7.68. The average Bonchev–Trinajstić information content (AvgIpc) is 3.31. The molecule has 39 heavy (non-hydrogen) atoms. The van der Waals surface area contributed by atoms with E-state index in [0.717, 1.165) is 104 Å². The Labute approximate surface area is 231 Å². The van der Waals surface area contributed by atoms with Gasteiger partial charge in [0.2, 0.25) is 0 Å². The van der Waals surface area contributed by atoms with Crippen LogP contribution in [0.25, 0.3) is 28.0 Å². The summed E-state index contributed by atoms with van der Waals surface area (Å²) in [4.78, 5) is 20.5. The number of unbranched alkanes of at least 4 members (excludes halogenated alkanes) is 4. The Bertz CT molecular complexity index is 1380. The van der Waals surface area contributed by atoms with Crippen LogP contribution in [0.4, 0.5) is 5.82 Å². The molecule has 0 unspecified atom stereocenters. The fourth-order valence-corrected chi connectivity index (χ4v) is 5.56. The smallest absolute Gasteiger partial charge is 0.166 e. The first kappa shape index (κ1) is 27.0. The van der Waals surface area contributed by atoms with E-state index in [0.29, 0.717) is 13.0 Å². The minimum absolute atomic E-state index is 0.192. The van der Waals surface area contributed by atoms with Crippen LogP contribution in [0.3, 0.4) is 0 Å². The van der Waals surface area contributed by atoms with E-state index < -0.39 is 0 Å². The van der Waals surface area contributed by atoms with E-state index in [1.807, 2.05) is 10.6 Å². The van der Waals surface area contributed by atoms with E-state index in [2.05, 4.69) is 71.3 Å². The molecule has 0 saturated carbocycles. The summed E-state index contributed by atoms with van der Waals surface area (Å²) in [6.07, 6.45) is 7.07. The number of hydrogen-bond donors (Lipinski definition) is 1. The van der Waals surface area contributed by atoms with Crippen LogP contribution in [-0.2, 0) is 11.2 Å². The van der Waals surface area contributed by atoms with Crippen LogP contribution in [0, 0.1) is 6.92 Å². The largest absolute Gasteiger partial charge is 0.395 e. The monoisotopic (exact) mass is 525 g/mol. The molecule has 3 heterocycles. The number of aliphatic hydroxyl groups excluding tert-OH is 1. The van der Waals surface area contributed by atoms with Crippen molar-refractivity contribution in [3.63, 3.8) is 0 Å². The number of β-amino-alcohol motifs (C(OH)–C–C–N with tert-alkyl or cyclic N) is 1. The van der Waals surface area contributed by atoms with Crippen LogP contribution in [0.1, 0.15) is 43.4 Å². The van der Waals surface area contributed by atoms with Crippen molar-refractivity contribution in [2.24, 2.45) is 0 Å². The van der Waals surface area contributed by atoms with Gasteiger partial charge in [0.15, 0.2) is 5.65 Å². The number of fused-ring (bicyclic) bond motifs is 1. The van der Waals surface area contributed by atoms with Gasteiger partial charge in [0.05, 0.1) is 18.0 Å². The highest BCUT2D eigenvalue weighted by Gasteiger charge is 2.23. The molecule has 0 aliphatic carbocycles. The molecular formula is C32H39N5O2. The molecule has 0 atom stereocenters. The maximum Gasteiger partial charge on any atom is 0.166 e. The molecule has 0 radical (unpaired) electrons. The van der Waals surface area contributed by atoms with Gasteiger partial charge in [-0.3, -0.25) is 4.90 Å². The van der Waals surface area contributed by atoms with Crippen molar-refractivity contribution in [3.05, 3.63) is 71.9 Å². The van der Waals surface area contributed by atoms with Crippen molar-refractivity contribution in [3.8, 4) is 22.4 Å². The number of rotatable bonds is 12. The Morgan fingerprint density at radius 2 is 1.67 bits per heavy atom. The minimum atomic E-state index is 0.192. The number of aryl methyl sites for hydroxylation is 2. The quantitative estimate of drug-likeness (QED) is 0.203. The van der Waals surface area contributed by atoms with Gasteiger partial charge < -0.3 is 14.8 Å². The second-order valence-electron chi connectivity index (χ2n) is 10.4. The maximum atomic E-state index is 10.6. The van der Waals surface area contributed by atoms with Gasteiger partial charge in [0.1, 0.15) is 12.1 Å². The number of nitrogens with zero attached hydrogens (tertiary/aromatic N) is 5. The maximum absolute atomic E-state index is 10.6. The molecule has 1 saturated heterocycles. The van der Waals surface area contributed by atoms with Gasteiger partial charge in [-0.05, 0) is 43.4 Å². The predicted octanol–water partition coefficient (Wildman–Crippen LogP) is 5.18.